The van der Waals surface area contributed by atoms with E-state index in [0.29, 0.717) is 16.5 Å². The number of hydrogen-bond donors (Lipinski definition) is 3. The van der Waals surface area contributed by atoms with Crippen molar-refractivity contribution in [3.05, 3.63) is 84.2 Å². The summed E-state index contributed by atoms with van der Waals surface area (Å²) in [6.45, 7) is 1.98. The number of thiocarbonyl (C=S) groups is 1. The highest BCUT2D eigenvalue weighted by Gasteiger charge is 2.14. The number of hydrogen-bond acceptors (Lipinski definition) is 3. The maximum Gasteiger partial charge on any atom is 0.261 e. The molecule has 0 aliphatic carbocycles. The Hall–Kier alpha value is -2.97. The summed E-state index contributed by atoms with van der Waals surface area (Å²) in [6, 6.07) is 19.0. The quantitative estimate of drug-likeness (QED) is 0.525. The third kappa shape index (κ3) is 5.05. The van der Waals surface area contributed by atoms with Crippen LogP contribution in [0.5, 0.6) is 0 Å². The monoisotopic (exact) mass is 415 g/mol. The number of anilines is 3. The van der Waals surface area contributed by atoms with E-state index in [1.807, 2.05) is 31.2 Å². The lowest BCUT2D eigenvalue weighted by Crippen LogP contribution is -2.19. The minimum atomic E-state index is -3.79. The van der Waals surface area contributed by atoms with E-state index in [2.05, 4.69) is 15.4 Å². The van der Waals surface area contributed by atoms with Crippen LogP contribution in [-0.4, -0.2) is 13.5 Å². The van der Waals surface area contributed by atoms with Gasteiger partial charge in [0.15, 0.2) is 5.11 Å². The van der Waals surface area contributed by atoms with Gasteiger partial charge >= 0.3 is 0 Å². The largest absolute Gasteiger partial charge is 0.332 e. The Morgan fingerprint density at radius 2 is 1.46 bits per heavy atom. The van der Waals surface area contributed by atoms with Crippen molar-refractivity contribution in [3.63, 3.8) is 0 Å². The second-order valence-electron chi connectivity index (χ2n) is 6.03. The molecule has 3 rings (SSSR count). The second kappa shape index (κ2) is 8.37. The van der Waals surface area contributed by atoms with Crippen LogP contribution in [0.1, 0.15) is 5.56 Å². The number of sulfonamides is 1. The summed E-state index contributed by atoms with van der Waals surface area (Å²) >= 11 is 5.31. The van der Waals surface area contributed by atoms with Gasteiger partial charge in [-0.1, -0.05) is 18.2 Å². The maximum absolute atomic E-state index is 13.0. The van der Waals surface area contributed by atoms with Crippen LogP contribution in [0, 0.1) is 12.7 Å². The zero-order valence-corrected chi connectivity index (χ0v) is 16.6. The standard InChI is InChI=1S/C20H18FN3O2S2/c1-14-4-2-3-5-19(14)23-20(27)22-16-8-10-17(11-9-16)24-28(25,26)18-12-6-15(21)7-13-18/h2-13,24H,1H3,(H2,22,23,27). The topological polar surface area (TPSA) is 70.2 Å². The first-order valence-electron chi connectivity index (χ1n) is 8.35. The fraction of sp³-hybridized carbons (Fsp3) is 0.0500. The molecule has 0 atom stereocenters. The number of benzene rings is 3. The predicted molar refractivity (Wildman–Crippen MR) is 115 cm³/mol. The van der Waals surface area contributed by atoms with Crippen molar-refractivity contribution in [2.45, 2.75) is 11.8 Å². The fourth-order valence-electron chi connectivity index (χ4n) is 2.45. The molecular weight excluding hydrogens is 397 g/mol. The Morgan fingerprint density at radius 1 is 0.857 bits per heavy atom. The van der Waals surface area contributed by atoms with Gasteiger partial charge in [-0.3, -0.25) is 4.72 Å². The molecule has 0 fully saturated rings. The van der Waals surface area contributed by atoms with Crippen LogP contribution in [0.15, 0.2) is 77.7 Å². The van der Waals surface area contributed by atoms with Crippen LogP contribution in [-0.2, 0) is 10.0 Å². The van der Waals surface area contributed by atoms with Gasteiger partial charge in [0.1, 0.15) is 5.82 Å². The van der Waals surface area contributed by atoms with Gasteiger partial charge in [0, 0.05) is 17.1 Å². The van der Waals surface area contributed by atoms with Crippen molar-refractivity contribution in [1.82, 2.24) is 0 Å². The molecule has 144 valence electrons. The first-order valence-corrected chi connectivity index (χ1v) is 10.2. The van der Waals surface area contributed by atoms with Crippen LogP contribution in [0.3, 0.4) is 0 Å². The van der Waals surface area contributed by atoms with Gasteiger partial charge in [-0.15, -0.1) is 0 Å². The fourth-order valence-corrected chi connectivity index (χ4v) is 3.73. The molecule has 0 aliphatic heterocycles. The van der Waals surface area contributed by atoms with Crippen LogP contribution in [0.4, 0.5) is 21.5 Å². The predicted octanol–water partition coefficient (Wildman–Crippen LogP) is 4.74. The molecule has 0 saturated carbocycles. The molecule has 3 aromatic carbocycles. The smallest absolute Gasteiger partial charge is 0.261 e. The third-order valence-corrected chi connectivity index (χ3v) is 5.51. The zero-order chi connectivity index (χ0) is 20.1. The number of aryl methyl sites for hydroxylation is 1. The lowest BCUT2D eigenvalue weighted by Gasteiger charge is -2.13. The van der Waals surface area contributed by atoms with Gasteiger partial charge in [-0.05, 0) is 79.3 Å². The van der Waals surface area contributed by atoms with E-state index < -0.39 is 15.8 Å². The van der Waals surface area contributed by atoms with E-state index in [0.717, 1.165) is 23.4 Å². The molecule has 0 bridgehead atoms. The lowest BCUT2D eigenvalue weighted by molar-refractivity contribution is 0.599. The van der Waals surface area contributed by atoms with Gasteiger partial charge in [0.25, 0.3) is 10.0 Å². The summed E-state index contributed by atoms with van der Waals surface area (Å²) in [7, 11) is -3.79. The summed E-state index contributed by atoms with van der Waals surface area (Å²) in [5.74, 6) is -0.496. The Morgan fingerprint density at radius 3 is 2.11 bits per heavy atom. The first-order chi connectivity index (χ1) is 13.3. The molecule has 8 heteroatoms. The average Bonchev–Trinajstić information content (AvgIpc) is 2.65. The van der Waals surface area contributed by atoms with Crippen molar-refractivity contribution >= 4 is 44.4 Å². The number of para-hydroxylation sites is 1. The van der Waals surface area contributed by atoms with Crippen molar-refractivity contribution in [1.29, 1.82) is 0 Å². The molecule has 0 amide bonds. The summed E-state index contributed by atoms with van der Waals surface area (Å²) < 4.78 is 40.1. The molecule has 0 spiro atoms. The van der Waals surface area contributed by atoms with Crippen LogP contribution in [0.25, 0.3) is 0 Å². The van der Waals surface area contributed by atoms with E-state index >= 15 is 0 Å². The van der Waals surface area contributed by atoms with E-state index in [-0.39, 0.29) is 4.90 Å². The highest BCUT2D eigenvalue weighted by atomic mass is 32.2. The highest BCUT2D eigenvalue weighted by Crippen LogP contribution is 2.19. The van der Waals surface area contributed by atoms with Gasteiger partial charge in [0.05, 0.1) is 4.90 Å². The Labute approximate surface area is 168 Å². The molecule has 0 heterocycles. The maximum atomic E-state index is 13.0. The molecule has 0 unspecified atom stereocenters. The van der Waals surface area contributed by atoms with Gasteiger partial charge in [-0.2, -0.15) is 0 Å². The first kappa shape index (κ1) is 19.8. The van der Waals surface area contributed by atoms with E-state index in [4.69, 9.17) is 12.2 Å². The van der Waals surface area contributed by atoms with Crippen molar-refractivity contribution in [3.8, 4) is 0 Å². The van der Waals surface area contributed by atoms with Gasteiger partial charge in [0.2, 0.25) is 0 Å². The Kier molecular flexibility index (Phi) is 5.91. The molecule has 0 aromatic heterocycles. The van der Waals surface area contributed by atoms with E-state index in [1.165, 1.54) is 12.1 Å². The number of halogens is 1. The van der Waals surface area contributed by atoms with Crippen LogP contribution >= 0.6 is 12.2 Å². The third-order valence-electron chi connectivity index (χ3n) is 3.91. The minimum absolute atomic E-state index is 0.0142. The Balaban J connectivity index is 1.64. The second-order valence-corrected chi connectivity index (χ2v) is 8.12. The number of nitrogens with one attached hydrogen (secondary N) is 3. The molecular formula is C20H18FN3O2S2. The molecule has 28 heavy (non-hydrogen) atoms. The van der Waals surface area contributed by atoms with Crippen molar-refractivity contribution in [2.24, 2.45) is 0 Å². The summed E-state index contributed by atoms with van der Waals surface area (Å²) in [5.41, 5.74) is 3.06. The van der Waals surface area contributed by atoms with Gasteiger partial charge in [-0.25, -0.2) is 12.8 Å². The molecule has 0 radical (unpaired) electrons. The lowest BCUT2D eigenvalue weighted by atomic mass is 10.2. The van der Waals surface area contributed by atoms with Crippen LogP contribution in [0.2, 0.25) is 0 Å². The zero-order valence-electron chi connectivity index (χ0n) is 14.9. The summed E-state index contributed by atoms with van der Waals surface area (Å²) in [4.78, 5) is -0.0142. The molecule has 0 saturated heterocycles. The minimum Gasteiger partial charge on any atom is -0.332 e. The molecule has 3 N–H and O–H groups in total. The molecule has 3 aromatic rings. The summed E-state index contributed by atoms with van der Waals surface area (Å²) in [6.07, 6.45) is 0. The Bertz CT molecular complexity index is 1080. The average molecular weight is 416 g/mol. The van der Waals surface area contributed by atoms with Crippen molar-refractivity contribution < 1.29 is 12.8 Å². The van der Waals surface area contributed by atoms with E-state index in [9.17, 15) is 12.8 Å². The van der Waals surface area contributed by atoms with Gasteiger partial charge < -0.3 is 10.6 Å². The summed E-state index contributed by atoms with van der Waals surface area (Å²) in [5, 5.41) is 6.59. The van der Waals surface area contributed by atoms with E-state index in [1.54, 1.807) is 24.3 Å². The SMILES string of the molecule is Cc1ccccc1NC(=S)Nc1ccc(NS(=O)(=O)c2ccc(F)cc2)cc1. The molecule has 5 nitrogen and oxygen atoms in total. The highest BCUT2D eigenvalue weighted by molar-refractivity contribution is 7.92. The number of rotatable bonds is 5. The molecule has 0 aliphatic rings. The van der Waals surface area contributed by atoms with Crippen molar-refractivity contribution in [2.75, 3.05) is 15.4 Å². The normalized spacial score (nSPS) is 10.9. The van der Waals surface area contributed by atoms with Crippen LogP contribution < -0.4 is 15.4 Å².